The summed E-state index contributed by atoms with van der Waals surface area (Å²) in [6, 6.07) is 10.0. The highest BCUT2D eigenvalue weighted by atomic mass is 32.2. The molecule has 0 aliphatic heterocycles. The van der Waals surface area contributed by atoms with Crippen molar-refractivity contribution in [3.63, 3.8) is 0 Å². The molecule has 0 N–H and O–H groups in total. The minimum absolute atomic E-state index is 0.353. The number of aryl methyl sites for hydroxylation is 2. The fourth-order valence-corrected chi connectivity index (χ4v) is 3.86. The van der Waals surface area contributed by atoms with E-state index < -0.39 is 5.69 Å². The normalized spacial score (nSPS) is 11.4. The topological polar surface area (TPSA) is 92.5 Å². The van der Waals surface area contributed by atoms with E-state index >= 15 is 0 Å². The average molecular weight is 397 g/mol. The predicted molar refractivity (Wildman–Crippen MR) is 106 cm³/mol. The highest BCUT2D eigenvalue weighted by Gasteiger charge is 2.17. The second-order valence-electron chi connectivity index (χ2n) is 6.51. The van der Waals surface area contributed by atoms with Crippen molar-refractivity contribution in [2.45, 2.75) is 17.5 Å². The molecule has 4 aromatic rings. The van der Waals surface area contributed by atoms with E-state index in [0.29, 0.717) is 28.6 Å². The lowest BCUT2D eigenvalue weighted by Gasteiger charge is -2.03. The Morgan fingerprint density at radius 1 is 1.00 bits per heavy atom. The van der Waals surface area contributed by atoms with Crippen molar-refractivity contribution in [3.8, 4) is 0 Å². The van der Waals surface area contributed by atoms with Crippen LogP contribution in [0.3, 0.4) is 0 Å². The molecule has 0 bridgehead atoms. The van der Waals surface area contributed by atoms with Crippen LogP contribution in [0.2, 0.25) is 0 Å². The quantitative estimate of drug-likeness (QED) is 0.465. The molecule has 0 saturated carbocycles. The summed E-state index contributed by atoms with van der Waals surface area (Å²) >= 11 is 1.45. The molecule has 0 radical (unpaired) electrons. The van der Waals surface area contributed by atoms with Crippen LogP contribution in [0.15, 0.2) is 51.3 Å². The van der Waals surface area contributed by atoms with E-state index in [0.717, 1.165) is 15.8 Å². The average Bonchev–Trinajstić information content (AvgIpc) is 3.28. The van der Waals surface area contributed by atoms with E-state index in [1.807, 2.05) is 36.5 Å². The number of imidazole rings is 1. The third-order valence-corrected chi connectivity index (χ3v) is 5.62. The van der Waals surface area contributed by atoms with Crippen LogP contribution < -0.4 is 11.2 Å². The number of fused-ring (bicyclic) bond motifs is 1. The third kappa shape index (κ3) is 3.15. The Morgan fingerprint density at radius 2 is 1.75 bits per heavy atom. The molecule has 0 spiro atoms. The minimum atomic E-state index is -0.393. The second kappa shape index (κ2) is 7.12. The van der Waals surface area contributed by atoms with Crippen molar-refractivity contribution in [2.24, 2.45) is 21.1 Å². The van der Waals surface area contributed by atoms with Crippen molar-refractivity contribution >= 4 is 22.9 Å². The minimum Gasteiger partial charge on any atom is -0.316 e. The molecule has 3 aromatic heterocycles. The zero-order valence-electron chi connectivity index (χ0n) is 15.7. The fraction of sp³-hybridized carbons (Fsp3) is 0.278. The van der Waals surface area contributed by atoms with Crippen molar-refractivity contribution in [1.29, 1.82) is 0 Å². The van der Waals surface area contributed by atoms with E-state index in [-0.39, 0.29) is 5.56 Å². The van der Waals surface area contributed by atoms with Gasteiger partial charge in [0, 0.05) is 33.1 Å². The largest absolute Gasteiger partial charge is 0.332 e. The SMILES string of the molecule is Cn1c(=O)c2c(nc(SCc3cn(Cc4ccccc4)nn3)n2C)n(C)c1=O. The van der Waals surface area contributed by atoms with E-state index in [1.54, 1.807) is 23.3 Å². The molecule has 0 unspecified atom stereocenters. The van der Waals surface area contributed by atoms with Crippen LogP contribution in [0.4, 0.5) is 0 Å². The standard InChI is InChI=1S/C18H19N7O2S/c1-22-14-15(23(2)18(27)24(3)16(14)26)19-17(22)28-11-13-10-25(21-20-13)9-12-7-5-4-6-8-12/h4-8,10H,9,11H2,1-3H3. The van der Waals surface area contributed by atoms with Gasteiger partial charge in [0.05, 0.1) is 12.2 Å². The Labute approximate surface area is 164 Å². The molecule has 1 aromatic carbocycles. The Hall–Kier alpha value is -3.14. The molecule has 0 aliphatic rings. The van der Waals surface area contributed by atoms with Gasteiger partial charge in [-0.05, 0) is 5.56 Å². The molecule has 10 heteroatoms. The second-order valence-corrected chi connectivity index (χ2v) is 7.46. The number of hydrogen-bond acceptors (Lipinski definition) is 6. The van der Waals surface area contributed by atoms with Gasteiger partial charge >= 0.3 is 5.69 Å². The van der Waals surface area contributed by atoms with Crippen LogP contribution in [0, 0.1) is 0 Å². The Balaban J connectivity index is 1.56. The number of nitrogens with zero attached hydrogens (tertiary/aromatic N) is 7. The van der Waals surface area contributed by atoms with E-state index in [9.17, 15) is 9.59 Å². The molecule has 9 nitrogen and oxygen atoms in total. The summed E-state index contributed by atoms with van der Waals surface area (Å²) in [5, 5.41) is 9.02. The third-order valence-electron chi connectivity index (χ3n) is 4.56. The van der Waals surface area contributed by atoms with E-state index in [1.165, 1.54) is 23.4 Å². The number of benzene rings is 1. The Bertz CT molecular complexity index is 1270. The summed E-state index contributed by atoms with van der Waals surface area (Å²) in [5.41, 5.74) is 2.00. The molecule has 144 valence electrons. The van der Waals surface area contributed by atoms with Crippen molar-refractivity contribution in [2.75, 3.05) is 0 Å². The maximum absolute atomic E-state index is 12.4. The summed E-state index contributed by atoms with van der Waals surface area (Å²) in [7, 11) is 4.85. The van der Waals surface area contributed by atoms with Crippen LogP contribution in [-0.4, -0.2) is 33.7 Å². The highest BCUT2D eigenvalue weighted by Crippen LogP contribution is 2.23. The van der Waals surface area contributed by atoms with Crippen LogP contribution in [0.25, 0.3) is 11.2 Å². The Morgan fingerprint density at radius 3 is 2.50 bits per heavy atom. The molecule has 0 aliphatic carbocycles. The number of hydrogen-bond donors (Lipinski definition) is 0. The van der Waals surface area contributed by atoms with Crippen molar-refractivity contribution in [3.05, 3.63) is 68.6 Å². The van der Waals surface area contributed by atoms with Gasteiger partial charge in [-0.3, -0.25) is 13.9 Å². The van der Waals surface area contributed by atoms with Crippen molar-refractivity contribution in [1.82, 2.24) is 33.7 Å². The summed E-state index contributed by atoms with van der Waals surface area (Å²) in [5.74, 6) is 0.556. The number of aromatic nitrogens is 7. The number of thioether (sulfide) groups is 1. The highest BCUT2D eigenvalue weighted by molar-refractivity contribution is 7.98. The monoisotopic (exact) mass is 397 g/mol. The van der Waals surface area contributed by atoms with Crippen LogP contribution >= 0.6 is 11.8 Å². The molecule has 4 rings (SSSR count). The van der Waals surface area contributed by atoms with Crippen LogP contribution in [-0.2, 0) is 33.4 Å². The maximum Gasteiger partial charge on any atom is 0.332 e. The first-order chi connectivity index (χ1) is 13.5. The van der Waals surface area contributed by atoms with Gasteiger partial charge in [-0.15, -0.1) is 5.10 Å². The molecule has 0 saturated heterocycles. The number of rotatable bonds is 5. The van der Waals surface area contributed by atoms with E-state index in [2.05, 4.69) is 15.3 Å². The van der Waals surface area contributed by atoms with Crippen LogP contribution in [0.5, 0.6) is 0 Å². The van der Waals surface area contributed by atoms with E-state index in [4.69, 9.17) is 0 Å². The Kier molecular flexibility index (Phi) is 4.63. The smallest absolute Gasteiger partial charge is 0.316 e. The lowest BCUT2D eigenvalue weighted by molar-refractivity contribution is 0.649. The van der Waals surface area contributed by atoms with Gasteiger partial charge in [-0.2, -0.15) is 0 Å². The summed E-state index contributed by atoms with van der Waals surface area (Å²) in [6.07, 6.45) is 1.90. The zero-order valence-corrected chi connectivity index (χ0v) is 16.6. The van der Waals surface area contributed by atoms with Gasteiger partial charge < -0.3 is 4.57 Å². The predicted octanol–water partition coefficient (Wildman–Crippen LogP) is 0.903. The molecule has 3 heterocycles. The molecule has 0 amide bonds. The first-order valence-corrected chi connectivity index (χ1v) is 9.62. The van der Waals surface area contributed by atoms with Gasteiger partial charge in [0.2, 0.25) is 0 Å². The molecular weight excluding hydrogens is 378 g/mol. The first kappa shape index (κ1) is 18.2. The van der Waals surface area contributed by atoms with Gasteiger partial charge in [-0.25, -0.2) is 14.5 Å². The van der Waals surface area contributed by atoms with Gasteiger partial charge in [-0.1, -0.05) is 47.3 Å². The van der Waals surface area contributed by atoms with Gasteiger partial charge in [0.25, 0.3) is 5.56 Å². The first-order valence-electron chi connectivity index (χ1n) is 8.64. The summed E-state index contributed by atoms with van der Waals surface area (Å²) in [6.45, 7) is 0.656. The van der Waals surface area contributed by atoms with Crippen LogP contribution in [0.1, 0.15) is 11.3 Å². The summed E-state index contributed by atoms with van der Waals surface area (Å²) in [4.78, 5) is 29.0. The lowest BCUT2D eigenvalue weighted by Crippen LogP contribution is -2.37. The maximum atomic E-state index is 12.4. The fourth-order valence-electron chi connectivity index (χ4n) is 3.02. The molecule has 28 heavy (non-hydrogen) atoms. The molecule has 0 atom stereocenters. The lowest BCUT2D eigenvalue weighted by atomic mass is 10.2. The van der Waals surface area contributed by atoms with Gasteiger partial charge in [0.15, 0.2) is 16.3 Å². The van der Waals surface area contributed by atoms with Crippen molar-refractivity contribution < 1.29 is 0 Å². The zero-order chi connectivity index (χ0) is 19.8. The summed E-state index contributed by atoms with van der Waals surface area (Å²) < 4.78 is 5.99. The molecular formula is C18H19N7O2S. The van der Waals surface area contributed by atoms with Gasteiger partial charge in [0.1, 0.15) is 0 Å². The molecule has 0 fully saturated rings.